The van der Waals surface area contributed by atoms with Crippen molar-refractivity contribution in [1.29, 1.82) is 0 Å². The minimum absolute atomic E-state index is 0.631. The fourth-order valence-electron chi connectivity index (χ4n) is 2.73. The Morgan fingerprint density at radius 1 is 1.30 bits per heavy atom. The van der Waals surface area contributed by atoms with Gasteiger partial charge in [0.2, 0.25) is 0 Å². The third-order valence-corrected chi connectivity index (χ3v) is 7.33. The summed E-state index contributed by atoms with van der Waals surface area (Å²) in [7, 11) is 1.89. The molecule has 0 radical (unpaired) electrons. The lowest BCUT2D eigenvalue weighted by Gasteiger charge is -2.22. The highest BCUT2D eigenvalue weighted by molar-refractivity contribution is 8.17. The van der Waals surface area contributed by atoms with E-state index in [0.717, 1.165) is 17.7 Å². The van der Waals surface area contributed by atoms with Crippen LogP contribution in [-0.2, 0) is 7.05 Å². The van der Waals surface area contributed by atoms with E-state index in [4.69, 9.17) is 11.6 Å². The molecule has 0 saturated carbocycles. The Bertz CT molecular complexity index is 689. The van der Waals surface area contributed by atoms with Gasteiger partial charge >= 0.3 is 0 Å². The molecule has 0 bridgehead atoms. The van der Waals surface area contributed by atoms with Crippen LogP contribution in [-0.4, -0.2) is 25.9 Å². The van der Waals surface area contributed by atoms with Gasteiger partial charge in [0, 0.05) is 12.6 Å². The summed E-state index contributed by atoms with van der Waals surface area (Å²) in [6.45, 7) is 2.02. The Morgan fingerprint density at radius 3 is 2.61 bits per heavy atom. The van der Waals surface area contributed by atoms with Crippen LogP contribution in [0.25, 0.3) is 11.6 Å². The second kappa shape index (κ2) is 7.82. The molecule has 1 aromatic carbocycles. The summed E-state index contributed by atoms with van der Waals surface area (Å²) >= 11 is 10.6. The van der Waals surface area contributed by atoms with Crippen LogP contribution in [0.4, 0.5) is 0 Å². The molecule has 0 N–H and O–H groups in total. The van der Waals surface area contributed by atoms with Gasteiger partial charge in [-0.1, -0.05) is 41.9 Å². The molecule has 23 heavy (non-hydrogen) atoms. The predicted molar refractivity (Wildman–Crippen MR) is 105 cm³/mol. The van der Waals surface area contributed by atoms with Crippen LogP contribution in [0.1, 0.15) is 29.7 Å². The maximum Gasteiger partial charge on any atom is 0.134 e. The van der Waals surface area contributed by atoms with E-state index >= 15 is 0 Å². The van der Waals surface area contributed by atoms with Gasteiger partial charge in [0.05, 0.1) is 10.3 Å². The molecule has 0 aliphatic carbocycles. The maximum absolute atomic E-state index is 6.43. The fraction of sp³-hybridized carbons (Fsp3) is 0.389. The molecule has 1 fully saturated rings. The van der Waals surface area contributed by atoms with E-state index in [1.165, 1.54) is 29.1 Å². The molecule has 0 amide bonds. The number of halogens is 1. The molecule has 2 aromatic rings. The fourth-order valence-corrected chi connectivity index (χ4v) is 5.85. The number of nitrogens with zero attached hydrogens (tertiary/aromatic N) is 2. The first-order valence-electron chi connectivity index (χ1n) is 7.83. The first-order valence-corrected chi connectivity index (χ1v) is 10.3. The molecule has 3 rings (SSSR count). The average molecular weight is 365 g/mol. The molecular weight excluding hydrogens is 344 g/mol. The summed E-state index contributed by atoms with van der Waals surface area (Å²) in [6, 6.07) is 10.6. The molecule has 2 heterocycles. The third kappa shape index (κ3) is 4.17. The zero-order valence-corrected chi connectivity index (χ0v) is 15.8. The number of hydrogen-bond donors (Lipinski definition) is 0. The Hall–Kier alpha value is -0.840. The van der Waals surface area contributed by atoms with Crippen LogP contribution in [0.15, 0.2) is 30.3 Å². The lowest BCUT2D eigenvalue weighted by atomic mass is 10.0. The van der Waals surface area contributed by atoms with Gasteiger partial charge < -0.3 is 0 Å². The topological polar surface area (TPSA) is 17.8 Å². The quantitative estimate of drug-likeness (QED) is 0.712. The van der Waals surface area contributed by atoms with Crippen molar-refractivity contribution in [2.24, 2.45) is 7.05 Å². The highest BCUT2D eigenvalue weighted by Crippen LogP contribution is 2.38. The summed E-state index contributed by atoms with van der Waals surface area (Å²) in [5, 5.41) is 5.14. The molecule has 0 atom stereocenters. The monoisotopic (exact) mass is 364 g/mol. The van der Waals surface area contributed by atoms with E-state index in [0.29, 0.717) is 9.74 Å². The first kappa shape index (κ1) is 17.0. The van der Waals surface area contributed by atoms with E-state index in [1.54, 1.807) is 4.68 Å². The lowest BCUT2D eigenvalue weighted by molar-refractivity contribution is 0.757. The summed E-state index contributed by atoms with van der Waals surface area (Å²) in [5.74, 6) is 2.54. The van der Waals surface area contributed by atoms with Gasteiger partial charge in [0.1, 0.15) is 5.15 Å². The van der Waals surface area contributed by atoms with Gasteiger partial charge in [-0.15, -0.1) is 23.5 Å². The van der Waals surface area contributed by atoms with Crippen LogP contribution in [0.2, 0.25) is 5.15 Å². The van der Waals surface area contributed by atoms with Gasteiger partial charge in [0.15, 0.2) is 0 Å². The molecular formula is C18H21ClN2S2. The third-order valence-electron chi connectivity index (χ3n) is 3.94. The van der Waals surface area contributed by atoms with Crippen molar-refractivity contribution < 1.29 is 0 Å². The Labute approximate surface area is 151 Å². The van der Waals surface area contributed by atoms with Gasteiger partial charge in [-0.3, -0.25) is 4.68 Å². The van der Waals surface area contributed by atoms with Crippen molar-refractivity contribution in [2.45, 2.75) is 24.3 Å². The predicted octanol–water partition coefficient (Wildman–Crippen LogP) is 5.51. The molecule has 0 spiro atoms. The molecule has 1 aliphatic heterocycles. The second-order valence-corrected chi connectivity index (χ2v) is 8.96. The van der Waals surface area contributed by atoms with E-state index < -0.39 is 0 Å². The van der Waals surface area contributed by atoms with Crippen molar-refractivity contribution in [3.05, 3.63) is 52.3 Å². The maximum atomic E-state index is 6.43. The number of hydrogen-bond acceptors (Lipinski definition) is 3. The first-order chi connectivity index (χ1) is 11.1. The zero-order chi connectivity index (χ0) is 16.2. The summed E-state index contributed by atoms with van der Waals surface area (Å²) in [4.78, 5) is 0. The number of thioether (sulfide) groups is 2. The van der Waals surface area contributed by atoms with Gasteiger partial charge in [-0.25, -0.2) is 0 Å². The Kier molecular flexibility index (Phi) is 5.78. The van der Waals surface area contributed by atoms with Crippen LogP contribution in [0, 0.1) is 6.92 Å². The zero-order valence-electron chi connectivity index (χ0n) is 13.5. The second-order valence-electron chi connectivity index (χ2n) is 5.68. The number of aromatic nitrogens is 2. The highest BCUT2D eigenvalue weighted by atomic mass is 35.5. The van der Waals surface area contributed by atoms with Crippen molar-refractivity contribution >= 4 is 46.8 Å². The molecule has 5 heteroatoms. The molecule has 0 unspecified atom stereocenters. The minimum Gasteiger partial charge on any atom is -0.256 e. The molecule has 1 aromatic heterocycles. The molecule has 1 saturated heterocycles. The SMILES string of the molecule is Cc1nn(C)c(Cl)c1/C=C(\CC1SCCCS1)c1ccccc1. The number of rotatable bonds is 4. The van der Waals surface area contributed by atoms with Crippen molar-refractivity contribution in [3.8, 4) is 0 Å². The van der Waals surface area contributed by atoms with Crippen LogP contribution in [0.5, 0.6) is 0 Å². The van der Waals surface area contributed by atoms with Crippen LogP contribution < -0.4 is 0 Å². The smallest absolute Gasteiger partial charge is 0.134 e. The number of benzene rings is 1. The Morgan fingerprint density at radius 2 is 2.00 bits per heavy atom. The standard InChI is InChI=1S/C18H21ClN2S2/c1-13-16(18(19)21(2)20-13)11-15(14-7-4-3-5-8-14)12-17-22-9-6-10-23-17/h3-5,7-8,11,17H,6,9-10,12H2,1-2H3/b15-11+. The molecule has 2 nitrogen and oxygen atoms in total. The number of allylic oxidation sites excluding steroid dienone is 1. The summed E-state index contributed by atoms with van der Waals surface area (Å²) < 4.78 is 2.38. The van der Waals surface area contributed by atoms with E-state index in [2.05, 4.69) is 65.0 Å². The Balaban J connectivity index is 1.95. The summed E-state index contributed by atoms with van der Waals surface area (Å²) in [5.41, 5.74) is 4.64. The summed E-state index contributed by atoms with van der Waals surface area (Å²) in [6.07, 6.45) is 4.61. The highest BCUT2D eigenvalue weighted by Gasteiger charge is 2.18. The lowest BCUT2D eigenvalue weighted by Crippen LogP contribution is -2.07. The number of aryl methyl sites for hydroxylation is 2. The largest absolute Gasteiger partial charge is 0.256 e. The normalized spacial score (nSPS) is 16.7. The minimum atomic E-state index is 0.631. The van der Waals surface area contributed by atoms with Crippen molar-refractivity contribution in [1.82, 2.24) is 9.78 Å². The average Bonchev–Trinajstić information content (AvgIpc) is 2.82. The molecule has 1 aliphatic rings. The van der Waals surface area contributed by atoms with E-state index in [-0.39, 0.29) is 0 Å². The van der Waals surface area contributed by atoms with Crippen LogP contribution >= 0.6 is 35.1 Å². The van der Waals surface area contributed by atoms with Crippen molar-refractivity contribution in [2.75, 3.05) is 11.5 Å². The van der Waals surface area contributed by atoms with Crippen LogP contribution in [0.3, 0.4) is 0 Å². The van der Waals surface area contributed by atoms with Gasteiger partial charge in [-0.05, 0) is 48.5 Å². The van der Waals surface area contributed by atoms with E-state index in [1.807, 2.05) is 14.0 Å². The van der Waals surface area contributed by atoms with E-state index in [9.17, 15) is 0 Å². The van der Waals surface area contributed by atoms with Crippen molar-refractivity contribution in [3.63, 3.8) is 0 Å². The van der Waals surface area contributed by atoms with Gasteiger partial charge in [0.25, 0.3) is 0 Å². The molecule has 122 valence electrons. The van der Waals surface area contributed by atoms with Gasteiger partial charge in [-0.2, -0.15) is 5.10 Å².